The van der Waals surface area contributed by atoms with Crippen molar-refractivity contribution in [2.75, 3.05) is 13.6 Å². The average molecular weight is 412 g/mol. The topological polar surface area (TPSA) is 95.7 Å². The van der Waals surface area contributed by atoms with Gasteiger partial charge >= 0.3 is 0 Å². The molecule has 0 aliphatic rings. The number of amides is 2. The molecule has 0 aliphatic heterocycles. The molecule has 1 unspecified atom stereocenters. The average Bonchev–Trinajstić information content (AvgIpc) is 2.70. The van der Waals surface area contributed by atoms with Gasteiger partial charge in [-0.05, 0) is 74.4 Å². The van der Waals surface area contributed by atoms with Crippen LogP contribution in [0.4, 0.5) is 0 Å². The first-order chi connectivity index (χ1) is 14.2. The number of aromatic hydroxyl groups is 1. The number of phenolic OH excluding ortho intramolecular Hbond substituents is 1. The first-order valence-corrected chi connectivity index (χ1v) is 10.3. The number of hydrogen-bond acceptors (Lipinski definition) is 4. The van der Waals surface area contributed by atoms with Gasteiger partial charge in [0, 0.05) is 13.6 Å². The number of nitrogens with zero attached hydrogens (tertiary/aromatic N) is 1. The Bertz CT molecular complexity index is 844. The van der Waals surface area contributed by atoms with Crippen molar-refractivity contribution < 1.29 is 14.7 Å². The summed E-state index contributed by atoms with van der Waals surface area (Å²) in [5, 5.41) is 12.4. The van der Waals surface area contributed by atoms with Gasteiger partial charge in [-0.15, -0.1) is 0 Å². The third-order valence-corrected chi connectivity index (χ3v) is 5.35. The molecule has 0 spiro atoms. The highest BCUT2D eigenvalue weighted by Crippen LogP contribution is 2.21. The van der Waals surface area contributed by atoms with E-state index in [4.69, 9.17) is 5.73 Å². The lowest BCUT2D eigenvalue weighted by Gasteiger charge is -2.23. The molecule has 0 saturated carbocycles. The van der Waals surface area contributed by atoms with Crippen LogP contribution in [0.2, 0.25) is 0 Å². The summed E-state index contributed by atoms with van der Waals surface area (Å²) >= 11 is 0. The summed E-state index contributed by atoms with van der Waals surface area (Å²) in [7, 11) is 1.75. The van der Waals surface area contributed by atoms with E-state index in [2.05, 4.69) is 17.4 Å². The van der Waals surface area contributed by atoms with E-state index < -0.39 is 12.1 Å². The number of phenols is 1. The van der Waals surface area contributed by atoms with Crippen LogP contribution in [-0.4, -0.2) is 47.5 Å². The Kier molecular flexibility index (Phi) is 8.42. The lowest BCUT2D eigenvalue weighted by molar-refractivity contribution is -0.135. The van der Waals surface area contributed by atoms with Crippen LogP contribution in [0.1, 0.15) is 35.6 Å². The van der Waals surface area contributed by atoms with Gasteiger partial charge in [-0.1, -0.05) is 30.3 Å². The molecular formula is C24H33N3O3. The van der Waals surface area contributed by atoms with Gasteiger partial charge in [0.05, 0.1) is 6.04 Å². The number of carbonyl (C=O) groups excluding carboxylic acids is 2. The quantitative estimate of drug-likeness (QED) is 0.591. The molecule has 0 fully saturated rings. The van der Waals surface area contributed by atoms with E-state index in [-0.39, 0.29) is 17.6 Å². The lowest BCUT2D eigenvalue weighted by Crippen LogP contribution is -2.51. The van der Waals surface area contributed by atoms with Crippen LogP contribution in [0.5, 0.6) is 5.75 Å². The highest BCUT2D eigenvalue weighted by atomic mass is 16.3. The van der Waals surface area contributed by atoms with Crippen molar-refractivity contribution in [2.24, 2.45) is 5.73 Å². The standard InChI is InChI=1S/C24H33N3O3/c1-16-13-20(28)14-17(2)21(16)15-22(25)23(29)26-18(3)24(30)27(4)12-8-11-19-9-6-5-7-10-19/h5-7,9-10,13-14,18,22,28H,8,11-12,15,25H2,1-4H3,(H,26,29)/t18-,22?/m1/s1. The van der Waals surface area contributed by atoms with Crippen molar-refractivity contribution >= 4 is 11.8 Å². The minimum atomic E-state index is -0.773. The highest BCUT2D eigenvalue weighted by Gasteiger charge is 2.23. The predicted molar refractivity (Wildman–Crippen MR) is 119 cm³/mol. The molecule has 4 N–H and O–H groups in total. The van der Waals surface area contributed by atoms with Gasteiger partial charge in [-0.25, -0.2) is 0 Å². The van der Waals surface area contributed by atoms with E-state index in [0.29, 0.717) is 13.0 Å². The van der Waals surface area contributed by atoms with Crippen LogP contribution < -0.4 is 11.1 Å². The summed E-state index contributed by atoms with van der Waals surface area (Å²) in [5.41, 5.74) is 10.0. The summed E-state index contributed by atoms with van der Waals surface area (Å²) in [4.78, 5) is 26.8. The summed E-state index contributed by atoms with van der Waals surface area (Å²) in [6.45, 7) is 6.05. The molecule has 2 aromatic rings. The van der Waals surface area contributed by atoms with Gasteiger partial charge in [0.25, 0.3) is 0 Å². The van der Waals surface area contributed by atoms with Gasteiger partial charge in [0.1, 0.15) is 11.8 Å². The molecule has 2 amide bonds. The lowest BCUT2D eigenvalue weighted by atomic mass is 9.96. The van der Waals surface area contributed by atoms with Gasteiger partial charge in [0.2, 0.25) is 11.8 Å². The molecule has 2 aromatic carbocycles. The number of hydrogen-bond donors (Lipinski definition) is 3. The Hall–Kier alpha value is -2.86. The van der Waals surface area contributed by atoms with E-state index in [0.717, 1.165) is 29.5 Å². The second kappa shape index (κ2) is 10.8. The normalized spacial score (nSPS) is 12.8. The summed E-state index contributed by atoms with van der Waals surface area (Å²) < 4.78 is 0. The van der Waals surface area contributed by atoms with Crippen LogP contribution in [0.3, 0.4) is 0 Å². The van der Waals surface area contributed by atoms with Crippen molar-refractivity contribution in [3.8, 4) is 5.75 Å². The summed E-state index contributed by atoms with van der Waals surface area (Å²) in [6.07, 6.45) is 2.10. The molecule has 0 saturated heterocycles. The van der Waals surface area contributed by atoms with Gasteiger partial charge < -0.3 is 21.1 Å². The maximum absolute atomic E-state index is 12.6. The first-order valence-electron chi connectivity index (χ1n) is 10.3. The Morgan fingerprint density at radius 2 is 1.73 bits per heavy atom. The minimum absolute atomic E-state index is 0.138. The molecule has 0 aliphatic carbocycles. The molecule has 6 nitrogen and oxygen atoms in total. The third-order valence-electron chi connectivity index (χ3n) is 5.35. The number of benzene rings is 2. The maximum atomic E-state index is 12.6. The molecule has 30 heavy (non-hydrogen) atoms. The predicted octanol–water partition coefficient (Wildman–Crippen LogP) is 2.47. The molecular weight excluding hydrogens is 378 g/mol. The van der Waals surface area contributed by atoms with Crippen molar-refractivity contribution in [2.45, 2.75) is 52.1 Å². The van der Waals surface area contributed by atoms with E-state index in [1.54, 1.807) is 31.0 Å². The molecule has 0 radical (unpaired) electrons. The fraction of sp³-hybridized carbons (Fsp3) is 0.417. The SMILES string of the molecule is Cc1cc(O)cc(C)c1CC(N)C(=O)N[C@H](C)C(=O)N(C)CCCc1ccccc1. The molecule has 0 bridgehead atoms. The van der Waals surface area contributed by atoms with Crippen molar-refractivity contribution in [1.29, 1.82) is 0 Å². The molecule has 6 heteroatoms. The van der Waals surface area contributed by atoms with Crippen LogP contribution in [0.25, 0.3) is 0 Å². The van der Waals surface area contributed by atoms with Crippen molar-refractivity contribution in [3.05, 3.63) is 64.7 Å². The Balaban J connectivity index is 1.84. The second-order valence-corrected chi connectivity index (χ2v) is 7.95. The van der Waals surface area contributed by atoms with Crippen LogP contribution in [-0.2, 0) is 22.4 Å². The maximum Gasteiger partial charge on any atom is 0.244 e. The molecule has 2 atom stereocenters. The molecule has 0 aromatic heterocycles. The second-order valence-electron chi connectivity index (χ2n) is 7.95. The smallest absolute Gasteiger partial charge is 0.244 e. The van der Waals surface area contributed by atoms with Crippen LogP contribution >= 0.6 is 0 Å². The van der Waals surface area contributed by atoms with Gasteiger partial charge in [0.15, 0.2) is 0 Å². The Morgan fingerprint density at radius 3 is 2.33 bits per heavy atom. The van der Waals surface area contributed by atoms with Gasteiger partial charge in [-0.2, -0.15) is 0 Å². The van der Waals surface area contributed by atoms with Crippen molar-refractivity contribution in [3.63, 3.8) is 0 Å². The Morgan fingerprint density at radius 1 is 1.13 bits per heavy atom. The van der Waals surface area contributed by atoms with E-state index >= 15 is 0 Å². The zero-order valence-corrected chi connectivity index (χ0v) is 18.3. The number of likely N-dealkylation sites (N-methyl/N-ethyl adjacent to an activating group) is 1. The summed E-state index contributed by atoms with van der Waals surface area (Å²) in [6, 6.07) is 12.0. The largest absolute Gasteiger partial charge is 0.508 e. The fourth-order valence-electron chi connectivity index (χ4n) is 3.59. The Labute approximate surface area is 179 Å². The minimum Gasteiger partial charge on any atom is -0.508 e. The van der Waals surface area contributed by atoms with Gasteiger partial charge in [-0.3, -0.25) is 9.59 Å². The van der Waals surface area contributed by atoms with E-state index in [9.17, 15) is 14.7 Å². The molecule has 2 rings (SSSR count). The van der Waals surface area contributed by atoms with Crippen LogP contribution in [0, 0.1) is 13.8 Å². The number of rotatable bonds is 9. The zero-order valence-electron chi connectivity index (χ0n) is 18.3. The third kappa shape index (κ3) is 6.59. The molecule has 0 heterocycles. The summed E-state index contributed by atoms with van der Waals surface area (Å²) in [5.74, 6) is -0.303. The number of nitrogens with two attached hydrogens (primary N) is 1. The van der Waals surface area contributed by atoms with E-state index in [1.807, 2.05) is 32.0 Å². The zero-order chi connectivity index (χ0) is 22.3. The number of nitrogens with one attached hydrogen (secondary N) is 1. The van der Waals surface area contributed by atoms with Crippen molar-refractivity contribution in [1.82, 2.24) is 10.2 Å². The highest BCUT2D eigenvalue weighted by molar-refractivity contribution is 5.89. The number of carbonyl (C=O) groups is 2. The monoisotopic (exact) mass is 411 g/mol. The van der Waals surface area contributed by atoms with Crippen LogP contribution in [0.15, 0.2) is 42.5 Å². The fourth-order valence-corrected chi connectivity index (χ4v) is 3.59. The van der Waals surface area contributed by atoms with E-state index in [1.165, 1.54) is 5.56 Å². The number of aryl methyl sites for hydroxylation is 3. The first kappa shape index (κ1) is 23.4. The molecule has 162 valence electrons.